The molecular weight excluding hydrogens is 356 g/mol. The Hall–Kier alpha value is -1.50. The first kappa shape index (κ1) is 18.8. The molecule has 0 N–H and O–H groups in total. The van der Waals surface area contributed by atoms with Crippen molar-refractivity contribution in [1.82, 2.24) is 19.2 Å². The molecular formula is C21H30N4OS. The summed E-state index contributed by atoms with van der Waals surface area (Å²) in [5.41, 5.74) is 1.31. The first-order valence-corrected chi connectivity index (χ1v) is 10.6. The lowest BCUT2D eigenvalue weighted by Gasteiger charge is -2.25. The molecule has 0 radical (unpaired) electrons. The molecule has 2 aliphatic rings. The van der Waals surface area contributed by atoms with Gasteiger partial charge in [-0.05, 0) is 43.5 Å². The highest BCUT2D eigenvalue weighted by molar-refractivity contribution is 7.71. The Morgan fingerprint density at radius 3 is 2.63 bits per heavy atom. The van der Waals surface area contributed by atoms with Crippen LogP contribution in [0.4, 0.5) is 0 Å². The van der Waals surface area contributed by atoms with Gasteiger partial charge < -0.3 is 9.30 Å². The van der Waals surface area contributed by atoms with Crippen LogP contribution in [0.5, 0.6) is 0 Å². The normalized spacial score (nSPS) is 20.1. The second-order valence-electron chi connectivity index (χ2n) is 8.17. The van der Waals surface area contributed by atoms with Crippen molar-refractivity contribution in [3.8, 4) is 0 Å². The van der Waals surface area contributed by atoms with Gasteiger partial charge in [0.25, 0.3) is 0 Å². The highest BCUT2D eigenvalue weighted by Gasteiger charge is 2.30. The summed E-state index contributed by atoms with van der Waals surface area (Å²) in [6.07, 6.45) is 5.08. The molecule has 1 aromatic heterocycles. The van der Waals surface area contributed by atoms with Crippen molar-refractivity contribution in [3.05, 3.63) is 46.5 Å². The molecule has 1 atom stereocenters. The third kappa shape index (κ3) is 4.50. The maximum atomic E-state index is 5.90. The molecule has 5 nitrogen and oxygen atoms in total. The van der Waals surface area contributed by atoms with E-state index in [2.05, 4.69) is 53.6 Å². The Balaban J connectivity index is 1.56. The first-order valence-electron chi connectivity index (χ1n) is 10.2. The molecule has 2 heterocycles. The zero-order valence-electron chi connectivity index (χ0n) is 16.4. The predicted octanol–water partition coefficient (Wildman–Crippen LogP) is 4.51. The topological polar surface area (TPSA) is 35.2 Å². The quantitative estimate of drug-likeness (QED) is 0.625. The predicted molar refractivity (Wildman–Crippen MR) is 109 cm³/mol. The van der Waals surface area contributed by atoms with Crippen molar-refractivity contribution in [2.45, 2.75) is 70.8 Å². The summed E-state index contributed by atoms with van der Waals surface area (Å²) >= 11 is 5.82. The van der Waals surface area contributed by atoms with Crippen molar-refractivity contribution in [3.63, 3.8) is 0 Å². The monoisotopic (exact) mass is 386 g/mol. The van der Waals surface area contributed by atoms with Gasteiger partial charge in [-0.15, -0.1) is 0 Å². The highest BCUT2D eigenvalue weighted by atomic mass is 32.1. The van der Waals surface area contributed by atoms with E-state index in [0.717, 1.165) is 43.1 Å². The van der Waals surface area contributed by atoms with Gasteiger partial charge in [-0.1, -0.05) is 44.2 Å². The fourth-order valence-corrected chi connectivity index (χ4v) is 4.22. The van der Waals surface area contributed by atoms with Gasteiger partial charge in [0.1, 0.15) is 5.82 Å². The molecule has 1 saturated heterocycles. The Kier molecular flexibility index (Phi) is 5.76. The van der Waals surface area contributed by atoms with Crippen LogP contribution in [0.2, 0.25) is 0 Å². The maximum absolute atomic E-state index is 5.90. The molecule has 1 aromatic carbocycles. The van der Waals surface area contributed by atoms with E-state index in [1.807, 2.05) is 4.68 Å². The van der Waals surface area contributed by atoms with Gasteiger partial charge in [0, 0.05) is 31.7 Å². The van der Waals surface area contributed by atoms with E-state index in [-0.39, 0.29) is 0 Å². The van der Waals surface area contributed by atoms with Crippen molar-refractivity contribution >= 4 is 12.2 Å². The largest absolute Gasteiger partial charge is 0.377 e. The first-order chi connectivity index (χ1) is 13.1. The van der Waals surface area contributed by atoms with Crippen molar-refractivity contribution in [1.29, 1.82) is 0 Å². The number of hydrogen-bond donors (Lipinski definition) is 0. The number of hydrogen-bond acceptors (Lipinski definition) is 4. The number of aromatic nitrogens is 3. The Morgan fingerprint density at radius 2 is 2.00 bits per heavy atom. The molecule has 0 amide bonds. The van der Waals surface area contributed by atoms with Gasteiger partial charge in [0.2, 0.25) is 0 Å². The molecule has 1 aliphatic carbocycles. The van der Waals surface area contributed by atoms with Crippen LogP contribution in [0, 0.1) is 4.77 Å². The standard InChI is InChI=1S/C21H30N4OS/c1-16(2)20-22-24(21(27)25(20)18-10-11-18)15-23(14-19-9-6-12-26-19)13-17-7-4-3-5-8-17/h3-5,7-8,16,18-19H,6,9-15H2,1-2H3. The van der Waals surface area contributed by atoms with Crippen molar-refractivity contribution in [2.24, 2.45) is 0 Å². The molecule has 1 saturated carbocycles. The third-order valence-electron chi connectivity index (χ3n) is 5.39. The van der Waals surface area contributed by atoms with Gasteiger partial charge in [-0.2, -0.15) is 5.10 Å². The summed E-state index contributed by atoms with van der Waals surface area (Å²) in [7, 11) is 0. The van der Waals surface area contributed by atoms with E-state index in [1.54, 1.807) is 0 Å². The second-order valence-corrected chi connectivity index (χ2v) is 8.53. The molecule has 2 fully saturated rings. The minimum atomic E-state index is 0.318. The average Bonchev–Trinajstić information content (AvgIpc) is 3.26. The van der Waals surface area contributed by atoms with Gasteiger partial charge in [0.15, 0.2) is 4.77 Å². The summed E-state index contributed by atoms with van der Waals surface area (Å²) in [5.74, 6) is 1.51. The van der Waals surface area contributed by atoms with E-state index in [0.29, 0.717) is 24.7 Å². The van der Waals surface area contributed by atoms with Crippen LogP contribution >= 0.6 is 12.2 Å². The molecule has 0 bridgehead atoms. The smallest absolute Gasteiger partial charge is 0.199 e. The zero-order chi connectivity index (χ0) is 18.8. The van der Waals surface area contributed by atoms with Crippen LogP contribution in [0.1, 0.15) is 62.9 Å². The van der Waals surface area contributed by atoms with Crippen LogP contribution in [0.15, 0.2) is 30.3 Å². The molecule has 2 aromatic rings. The van der Waals surface area contributed by atoms with Crippen LogP contribution in [0.3, 0.4) is 0 Å². The number of ether oxygens (including phenoxy) is 1. The lowest BCUT2D eigenvalue weighted by Crippen LogP contribution is -2.34. The van der Waals surface area contributed by atoms with Gasteiger partial charge in [0.05, 0.1) is 12.8 Å². The summed E-state index contributed by atoms with van der Waals surface area (Å²) in [5, 5.41) is 4.92. The fourth-order valence-electron chi connectivity index (χ4n) is 3.88. The van der Waals surface area contributed by atoms with Crippen LogP contribution in [-0.2, 0) is 18.0 Å². The van der Waals surface area contributed by atoms with E-state index >= 15 is 0 Å². The summed E-state index contributed by atoms with van der Waals surface area (Å²) in [6.45, 7) is 7.81. The Labute approximate surface area is 166 Å². The molecule has 1 unspecified atom stereocenters. The van der Waals surface area contributed by atoms with E-state index in [9.17, 15) is 0 Å². The van der Waals surface area contributed by atoms with Gasteiger partial charge >= 0.3 is 0 Å². The maximum Gasteiger partial charge on any atom is 0.199 e. The molecule has 0 spiro atoms. The lowest BCUT2D eigenvalue weighted by atomic mass is 10.2. The Bertz CT molecular complexity index is 803. The SMILES string of the molecule is CC(C)c1nn(CN(Cc2ccccc2)CC2CCCO2)c(=S)n1C1CC1. The third-order valence-corrected chi connectivity index (χ3v) is 5.80. The molecule has 6 heteroatoms. The van der Waals surface area contributed by atoms with Crippen LogP contribution < -0.4 is 0 Å². The molecule has 4 rings (SSSR count). The van der Waals surface area contributed by atoms with Crippen molar-refractivity contribution in [2.75, 3.05) is 13.2 Å². The average molecular weight is 387 g/mol. The summed E-state index contributed by atoms with van der Waals surface area (Å²) in [6, 6.07) is 11.2. The van der Waals surface area contributed by atoms with Crippen molar-refractivity contribution < 1.29 is 4.74 Å². The Morgan fingerprint density at radius 1 is 1.22 bits per heavy atom. The zero-order valence-corrected chi connectivity index (χ0v) is 17.2. The van der Waals surface area contributed by atoms with Gasteiger partial charge in [-0.25, -0.2) is 4.68 Å². The highest BCUT2D eigenvalue weighted by Crippen LogP contribution is 2.37. The molecule has 1 aliphatic heterocycles. The van der Waals surface area contributed by atoms with Crippen LogP contribution in [-0.4, -0.2) is 38.5 Å². The molecule has 146 valence electrons. The number of nitrogens with zero attached hydrogens (tertiary/aromatic N) is 4. The number of benzene rings is 1. The lowest BCUT2D eigenvalue weighted by molar-refractivity contribution is 0.0566. The number of rotatable bonds is 8. The van der Waals surface area contributed by atoms with E-state index in [4.69, 9.17) is 22.1 Å². The van der Waals surface area contributed by atoms with Crippen LogP contribution in [0.25, 0.3) is 0 Å². The minimum absolute atomic E-state index is 0.318. The van der Waals surface area contributed by atoms with E-state index in [1.165, 1.54) is 18.4 Å². The minimum Gasteiger partial charge on any atom is -0.377 e. The molecule has 27 heavy (non-hydrogen) atoms. The van der Waals surface area contributed by atoms with E-state index < -0.39 is 0 Å². The second kappa shape index (κ2) is 8.25. The summed E-state index contributed by atoms with van der Waals surface area (Å²) in [4.78, 5) is 2.43. The van der Waals surface area contributed by atoms with Gasteiger partial charge in [-0.3, -0.25) is 4.90 Å². The fraction of sp³-hybridized carbons (Fsp3) is 0.619. The summed E-state index contributed by atoms with van der Waals surface area (Å²) < 4.78 is 11.1.